The van der Waals surface area contributed by atoms with Gasteiger partial charge in [-0.05, 0) is 42.7 Å². The lowest BCUT2D eigenvalue weighted by molar-refractivity contribution is -0.139. The van der Waals surface area contributed by atoms with Crippen molar-refractivity contribution < 1.29 is 19.1 Å². The molecule has 0 heterocycles. The molecule has 7 nitrogen and oxygen atoms in total. The molecule has 0 fully saturated rings. The summed E-state index contributed by atoms with van der Waals surface area (Å²) in [7, 11) is 1.58. The summed E-state index contributed by atoms with van der Waals surface area (Å²) in [5, 5.41) is 6.24. The van der Waals surface area contributed by atoms with Crippen LogP contribution in [0.4, 0.5) is 0 Å². The molecule has 1 aromatic carbocycles. The fourth-order valence-electron chi connectivity index (χ4n) is 1.70. The molecule has 1 rings (SSSR count). The van der Waals surface area contributed by atoms with E-state index in [1.54, 1.807) is 7.11 Å². The molecule has 0 aromatic heterocycles. The summed E-state index contributed by atoms with van der Waals surface area (Å²) in [6, 6.07) is 7.31. The Balaban J connectivity index is 2.32. The lowest BCUT2D eigenvalue weighted by atomic mass is 10.2. The van der Waals surface area contributed by atoms with Gasteiger partial charge in [-0.1, -0.05) is 13.3 Å². The van der Waals surface area contributed by atoms with Crippen LogP contribution in [0, 0.1) is 0 Å². The number of nitrogens with zero attached hydrogens (tertiary/aromatic N) is 1. The average molecular weight is 335 g/mol. The van der Waals surface area contributed by atoms with E-state index < -0.39 is 11.8 Å². The quantitative estimate of drug-likeness (QED) is 0.293. The fourth-order valence-corrected chi connectivity index (χ4v) is 1.70. The predicted molar refractivity (Wildman–Crippen MR) is 92.1 cm³/mol. The molecule has 132 valence electrons. The van der Waals surface area contributed by atoms with Crippen molar-refractivity contribution in [3.8, 4) is 5.75 Å². The SMILES string of the molecule is CCCCOc1ccc(/C=N/NC(=O)C(=O)NCCCOC)cc1. The van der Waals surface area contributed by atoms with Gasteiger partial charge in [-0.3, -0.25) is 9.59 Å². The van der Waals surface area contributed by atoms with Gasteiger partial charge < -0.3 is 14.8 Å². The number of methoxy groups -OCH3 is 1. The van der Waals surface area contributed by atoms with Crippen LogP contribution in [-0.2, 0) is 14.3 Å². The van der Waals surface area contributed by atoms with Gasteiger partial charge in [0, 0.05) is 20.3 Å². The van der Waals surface area contributed by atoms with Gasteiger partial charge in [0.25, 0.3) is 0 Å². The highest BCUT2D eigenvalue weighted by molar-refractivity contribution is 6.35. The van der Waals surface area contributed by atoms with Crippen LogP contribution in [0.15, 0.2) is 29.4 Å². The van der Waals surface area contributed by atoms with E-state index in [-0.39, 0.29) is 0 Å². The lowest BCUT2D eigenvalue weighted by Crippen LogP contribution is -2.38. The minimum atomic E-state index is -0.803. The van der Waals surface area contributed by atoms with Crippen LogP contribution in [0.25, 0.3) is 0 Å². The van der Waals surface area contributed by atoms with Crippen LogP contribution in [-0.4, -0.2) is 44.9 Å². The average Bonchev–Trinajstić information content (AvgIpc) is 2.60. The van der Waals surface area contributed by atoms with E-state index in [0.29, 0.717) is 26.2 Å². The van der Waals surface area contributed by atoms with Crippen LogP contribution in [0.5, 0.6) is 5.75 Å². The summed E-state index contributed by atoms with van der Waals surface area (Å²) in [5.41, 5.74) is 2.97. The molecule has 0 bridgehead atoms. The Morgan fingerprint density at radius 3 is 2.54 bits per heavy atom. The van der Waals surface area contributed by atoms with Crippen molar-refractivity contribution in [1.29, 1.82) is 0 Å². The number of hydrogen-bond donors (Lipinski definition) is 2. The van der Waals surface area contributed by atoms with E-state index in [4.69, 9.17) is 9.47 Å². The van der Waals surface area contributed by atoms with Gasteiger partial charge in [-0.15, -0.1) is 0 Å². The second-order valence-corrected chi connectivity index (χ2v) is 5.07. The third-order valence-corrected chi connectivity index (χ3v) is 3.04. The monoisotopic (exact) mass is 335 g/mol. The van der Waals surface area contributed by atoms with Gasteiger partial charge in [-0.2, -0.15) is 5.10 Å². The maximum atomic E-state index is 11.5. The number of carbonyl (C=O) groups excluding carboxylic acids is 2. The Labute approximate surface area is 142 Å². The Morgan fingerprint density at radius 1 is 1.12 bits per heavy atom. The van der Waals surface area contributed by atoms with Gasteiger partial charge >= 0.3 is 11.8 Å². The Kier molecular flexibility index (Phi) is 9.87. The Hall–Kier alpha value is -2.41. The van der Waals surface area contributed by atoms with Crippen LogP contribution < -0.4 is 15.5 Å². The zero-order valence-electron chi connectivity index (χ0n) is 14.2. The Morgan fingerprint density at radius 2 is 1.88 bits per heavy atom. The van der Waals surface area contributed by atoms with Crippen LogP contribution in [0.1, 0.15) is 31.7 Å². The summed E-state index contributed by atoms with van der Waals surface area (Å²) in [6.07, 6.45) is 4.21. The summed E-state index contributed by atoms with van der Waals surface area (Å²) in [6.45, 7) is 3.71. The van der Waals surface area contributed by atoms with Gasteiger partial charge in [-0.25, -0.2) is 5.43 Å². The van der Waals surface area contributed by atoms with E-state index in [9.17, 15) is 9.59 Å². The number of ether oxygens (including phenoxy) is 2. The molecule has 0 radical (unpaired) electrons. The van der Waals surface area contributed by atoms with Crippen molar-refractivity contribution in [1.82, 2.24) is 10.7 Å². The summed E-state index contributed by atoms with van der Waals surface area (Å²) < 4.78 is 10.4. The smallest absolute Gasteiger partial charge is 0.329 e. The number of amides is 2. The Bertz CT molecular complexity index is 529. The molecule has 0 aliphatic rings. The van der Waals surface area contributed by atoms with Crippen molar-refractivity contribution in [3.63, 3.8) is 0 Å². The molecule has 2 amide bonds. The van der Waals surface area contributed by atoms with Crippen molar-refractivity contribution in [2.75, 3.05) is 26.9 Å². The van der Waals surface area contributed by atoms with Gasteiger partial charge in [0.2, 0.25) is 0 Å². The minimum Gasteiger partial charge on any atom is -0.494 e. The zero-order valence-corrected chi connectivity index (χ0v) is 14.2. The highest BCUT2D eigenvalue weighted by Crippen LogP contribution is 2.11. The summed E-state index contributed by atoms with van der Waals surface area (Å²) in [4.78, 5) is 23.0. The van der Waals surface area contributed by atoms with Crippen LogP contribution in [0.3, 0.4) is 0 Å². The normalized spacial score (nSPS) is 10.6. The number of unbranched alkanes of at least 4 members (excludes halogenated alkanes) is 1. The molecule has 0 aliphatic carbocycles. The number of carbonyl (C=O) groups is 2. The van der Waals surface area contributed by atoms with E-state index in [0.717, 1.165) is 24.2 Å². The molecule has 2 N–H and O–H groups in total. The van der Waals surface area contributed by atoms with E-state index in [1.165, 1.54) is 6.21 Å². The first-order valence-electron chi connectivity index (χ1n) is 8.00. The largest absolute Gasteiger partial charge is 0.494 e. The second kappa shape index (κ2) is 12.1. The first kappa shape index (κ1) is 19.6. The van der Waals surface area contributed by atoms with E-state index in [2.05, 4.69) is 22.8 Å². The van der Waals surface area contributed by atoms with Crippen molar-refractivity contribution >= 4 is 18.0 Å². The minimum absolute atomic E-state index is 0.378. The van der Waals surface area contributed by atoms with Gasteiger partial charge in [0.15, 0.2) is 0 Å². The molecular weight excluding hydrogens is 310 g/mol. The summed E-state index contributed by atoms with van der Waals surface area (Å²) >= 11 is 0. The van der Waals surface area contributed by atoms with E-state index >= 15 is 0 Å². The molecule has 7 heteroatoms. The predicted octanol–water partition coefficient (Wildman–Crippen LogP) is 1.47. The zero-order chi connectivity index (χ0) is 17.6. The number of nitrogens with one attached hydrogen (secondary N) is 2. The number of rotatable bonds is 10. The third-order valence-electron chi connectivity index (χ3n) is 3.04. The first-order valence-corrected chi connectivity index (χ1v) is 8.00. The van der Waals surface area contributed by atoms with Gasteiger partial charge in [0.1, 0.15) is 5.75 Å². The van der Waals surface area contributed by atoms with Crippen molar-refractivity contribution in [2.45, 2.75) is 26.2 Å². The van der Waals surface area contributed by atoms with Crippen LogP contribution in [0.2, 0.25) is 0 Å². The maximum Gasteiger partial charge on any atom is 0.329 e. The summed E-state index contributed by atoms with van der Waals surface area (Å²) in [5.74, 6) is -0.730. The number of benzene rings is 1. The highest BCUT2D eigenvalue weighted by atomic mass is 16.5. The highest BCUT2D eigenvalue weighted by Gasteiger charge is 2.11. The maximum absolute atomic E-state index is 11.5. The molecule has 0 atom stereocenters. The molecule has 0 spiro atoms. The molecule has 0 unspecified atom stereocenters. The molecule has 0 saturated heterocycles. The van der Waals surface area contributed by atoms with Crippen molar-refractivity contribution in [2.24, 2.45) is 5.10 Å². The molecule has 1 aromatic rings. The molecule has 24 heavy (non-hydrogen) atoms. The fraction of sp³-hybridized carbons (Fsp3) is 0.471. The molecular formula is C17H25N3O4. The standard InChI is InChI=1S/C17H25N3O4/c1-3-4-12-24-15-8-6-14(7-9-15)13-19-20-17(22)16(21)18-10-5-11-23-2/h6-9,13H,3-5,10-12H2,1-2H3,(H,18,21)(H,20,22)/b19-13+. The first-order chi connectivity index (χ1) is 11.7. The molecule has 0 saturated carbocycles. The third kappa shape index (κ3) is 8.28. The number of hydrogen-bond acceptors (Lipinski definition) is 5. The lowest BCUT2D eigenvalue weighted by Gasteiger charge is -2.05. The van der Waals surface area contributed by atoms with E-state index in [1.807, 2.05) is 24.3 Å². The number of hydrazone groups is 1. The molecule has 0 aliphatic heterocycles. The second-order valence-electron chi connectivity index (χ2n) is 5.07. The topological polar surface area (TPSA) is 89.0 Å². The van der Waals surface area contributed by atoms with Gasteiger partial charge in [0.05, 0.1) is 12.8 Å². The van der Waals surface area contributed by atoms with Crippen molar-refractivity contribution in [3.05, 3.63) is 29.8 Å². The van der Waals surface area contributed by atoms with Crippen LogP contribution >= 0.6 is 0 Å².